The lowest BCUT2D eigenvalue weighted by atomic mass is 9.98. The van der Waals surface area contributed by atoms with Crippen molar-refractivity contribution in [3.8, 4) is 0 Å². The molecule has 2 aromatic carbocycles. The highest BCUT2D eigenvalue weighted by molar-refractivity contribution is 7.89. The van der Waals surface area contributed by atoms with Crippen LogP contribution in [0.1, 0.15) is 49.7 Å². The van der Waals surface area contributed by atoms with Gasteiger partial charge in [-0.25, -0.2) is 8.42 Å². The molecule has 0 aromatic heterocycles. The molecule has 1 fully saturated rings. The maximum Gasteiger partial charge on any atom is 0.306 e. The maximum atomic E-state index is 13.0. The van der Waals surface area contributed by atoms with Crippen LogP contribution < -0.4 is 5.32 Å². The first-order valence-electron chi connectivity index (χ1n) is 10.9. The summed E-state index contributed by atoms with van der Waals surface area (Å²) in [6.07, 6.45) is 2.90. The Balaban J connectivity index is 1.57. The number of sulfonamides is 1. The van der Waals surface area contributed by atoms with E-state index in [9.17, 15) is 18.0 Å². The molecule has 0 radical (unpaired) electrons. The summed E-state index contributed by atoms with van der Waals surface area (Å²) in [6, 6.07) is 14.4. The van der Waals surface area contributed by atoms with Gasteiger partial charge in [0.25, 0.3) is 5.91 Å². The van der Waals surface area contributed by atoms with E-state index in [0.29, 0.717) is 24.3 Å². The number of rotatable bonds is 8. The van der Waals surface area contributed by atoms with E-state index in [1.165, 1.54) is 10.4 Å². The molecule has 1 unspecified atom stereocenters. The lowest BCUT2D eigenvalue weighted by Crippen LogP contribution is -2.36. The zero-order chi connectivity index (χ0) is 23.1. The Morgan fingerprint density at radius 3 is 2.44 bits per heavy atom. The van der Waals surface area contributed by atoms with Crippen molar-refractivity contribution in [3.05, 3.63) is 59.7 Å². The number of hydrogen-bond acceptors (Lipinski definition) is 5. The van der Waals surface area contributed by atoms with E-state index >= 15 is 0 Å². The Morgan fingerprint density at radius 2 is 1.75 bits per heavy atom. The molecule has 0 saturated carbocycles. The van der Waals surface area contributed by atoms with Gasteiger partial charge in [0.05, 0.1) is 11.3 Å². The lowest BCUT2D eigenvalue weighted by molar-refractivity contribution is -0.147. The molecule has 1 amide bonds. The van der Waals surface area contributed by atoms with Crippen molar-refractivity contribution < 1.29 is 22.7 Å². The van der Waals surface area contributed by atoms with Crippen molar-refractivity contribution in [1.82, 2.24) is 4.31 Å². The molecule has 0 spiro atoms. The van der Waals surface area contributed by atoms with Crippen LogP contribution in [-0.4, -0.2) is 44.3 Å². The molecule has 3 rings (SSSR count). The summed E-state index contributed by atoms with van der Waals surface area (Å²) >= 11 is 0. The third-order valence-corrected chi connectivity index (χ3v) is 7.65. The van der Waals surface area contributed by atoms with Crippen LogP contribution in [0.3, 0.4) is 0 Å². The summed E-state index contributed by atoms with van der Waals surface area (Å²) in [6.45, 7) is 4.25. The Kier molecular flexibility index (Phi) is 8.04. The van der Waals surface area contributed by atoms with Crippen molar-refractivity contribution in [3.63, 3.8) is 0 Å². The standard InChI is InChI=1S/C24H30N2O5S/c1-18-11-12-21(16-22(18)32(29,30)26-13-7-4-8-14-26)25-23(27)17-31-24(28)15-19(2)20-9-5-3-6-10-20/h3,5-6,9-12,16,19H,4,7-8,13-15,17H2,1-2H3,(H,25,27). The molecule has 8 heteroatoms. The molecule has 1 heterocycles. The fraction of sp³-hybridized carbons (Fsp3) is 0.417. The predicted molar refractivity (Wildman–Crippen MR) is 123 cm³/mol. The largest absolute Gasteiger partial charge is 0.456 e. The Bertz CT molecular complexity index is 1050. The van der Waals surface area contributed by atoms with Crippen molar-refractivity contribution in [2.24, 2.45) is 0 Å². The molecule has 7 nitrogen and oxygen atoms in total. The molecule has 0 bridgehead atoms. The van der Waals surface area contributed by atoms with Gasteiger partial charge in [-0.05, 0) is 48.9 Å². The number of ether oxygens (including phenoxy) is 1. The number of piperidine rings is 1. The second-order valence-electron chi connectivity index (χ2n) is 8.17. The maximum absolute atomic E-state index is 13.0. The third-order valence-electron chi connectivity index (χ3n) is 5.61. The second kappa shape index (κ2) is 10.7. The van der Waals surface area contributed by atoms with E-state index in [2.05, 4.69) is 5.32 Å². The number of amides is 1. The van der Waals surface area contributed by atoms with E-state index in [1.54, 1.807) is 19.1 Å². The monoisotopic (exact) mass is 458 g/mol. The topological polar surface area (TPSA) is 92.8 Å². The first kappa shape index (κ1) is 23.9. The van der Waals surface area contributed by atoms with Gasteiger partial charge in [-0.15, -0.1) is 0 Å². The Hall–Kier alpha value is -2.71. The van der Waals surface area contributed by atoms with E-state index in [-0.39, 0.29) is 17.2 Å². The van der Waals surface area contributed by atoms with Crippen molar-refractivity contribution >= 4 is 27.6 Å². The van der Waals surface area contributed by atoms with Crippen LogP contribution in [-0.2, 0) is 24.3 Å². The molecule has 1 saturated heterocycles. The number of benzene rings is 2. The molecule has 1 aliphatic heterocycles. The fourth-order valence-electron chi connectivity index (χ4n) is 3.75. The van der Waals surface area contributed by atoms with Gasteiger partial charge in [0, 0.05) is 18.8 Å². The number of carbonyl (C=O) groups is 2. The number of anilines is 1. The molecule has 32 heavy (non-hydrogen) atoms. The molecular weight excluding hydrogens is 428 g/mol. The van der Waals surface area contributed by atoms with Crippen molar-refractivity contribution in [1.29, 1.82) is 0 Å². The number of aryl methyl sites for hydroxylation is 1. The molecule has 1 N–H and O–H groups in total. The summed E-state index contributed by atoms with van der Waals surface area (Å²) in [4.78, 5) is 24.6. The minimum Gasteiger partial charge on any atom is -0.456 e. The van der Waals surface area contributed by atoms with Crippen molar-refractivity contribution in [2.45, 2.75) is 50.3 Å². The van der Waals surface area contributed by atoms with Gasteiger partial charge in [-0.3, -0.25) is 9.59 Å². The lowest BCUT2D eigenvalue weighted by Gasteiger charge is -2.26. The third kappa shape index (κ3) is 6.17. The van der Waals surface area contributed by atoms with E-state index in [4.69, 9.17) is 4.74 Å². The van der Waals surface area contributed by atoms with Gasteiger partial charge in [-0.1, -0.05) is 49.7 Å². The minimum absolute atomic E-state index is 0.0218. The summed E-state index contributed by atoms with van der Waals surface area (Å²) in [5.41, 5.74) is 2.00. The first-order valence-corrected chi connectivity index (χ1v) is 12.3. The van der Waals surface area contributed by atoms with E-state index < -0.39 is 28.5 Å². The van der Waals surface area contributed by atoms with Crippen LogP contribution in [0.5, 0.6) is 0 Å². The van der Waals surface area contributed by atoms with E-state index in [1.807, 2.05) is 37.3 Å². The number of nitrogens with one attached hydrogen (secondary N) is 1. The summed E-state index contributed by atoms with van der Waals surface area (Å²) < 4.78 is 32.7. The summed E-state index contributed by atoms with van der Waals surface area (Å²) in [7, 11) is -3.62. The first-order chi connectivity index (χ1) is 15.3. The summed E-state index contributed by atoms with van der Waals surface area (Å²) in [5.74, 6) is -1.00. The number of carbonyl (C=O) groups excluding carboxylic acids is 2. The zero-order valence-electron chi connectivity index (χ0n) is 18.5. The van der Waals surface area contributed by atoms with Gasteiger partial charge < -0.3 is 10.1 Å². The van der Waals surface area contributed by atoms with Gasteiger partial charge in [-0.2, -0.15) is 4.31 Å². The zero-order valence-corrected chi connectivity index (χ0v) is 19.4. The van der Waals surface area contributed by atoms with Gasteiger partial charge >= 0.3 is 5.97 Å². The van der Waals surface area contributed by atoms with Crippen LogP contribution in [0.25, 0.3) is 0 Å². The van der Waals surface area contributed by atoms with Gasteiger partial charge in [0.15, 0.2) is 6.61 Å². The van der Waals surface area contributed by atoms with Gasteiger partial charge in [0.2, 0.25) is 10.0 Å². The Labute approximate surface area is 189 Å². The minimum atomic E-state index is -3.62. The SMILES string of the molecule is Cc1ccc(NC(=O)COC(=O)CC(C)c2ccccc2)cc1S(=O)(=O)N1CCCCC1. The smallest absolute Gasteiger partial charge is 0.306 e. The highest BCUT2D eigenvalue weighted by atomic mass is 32.2. The fourth-order valence-corrected chi connectivity index (χ4v) is 5.52. The van der Waals surface area contributed by atoms with Gasteiger partial charge in [0.1, 0.15) is 0 Å². The highest BCUT2D eigenvalue weighted by Crippen LogP contribution is 2.26. The second-order valence-corrected chi connectivity index (χ2v) is 10.1. The Morgan fingerprint density at radius 1 is 1.06 bits per heavy atom. The molecular formula is C24H30N2O5S. The van der Waals surface area contributed by atoms with Crippen LogP contribution in [0.15, 0.2) is 53.4 Å². The molecule has 0 aliphatic carbocycles. The number of nitrogens with zero attached hydrogens (tertiary/aromatic N) is 1. The molecule has 1 atom stereocenters. The quantitative estimate of drug-likeness (QED) is 0.607. The van der Waals surface area contributed by atoms with Crippen LogP contribution in [0.4, 0.5) is 5.69 Å². The van der Waals surface area contributed by atoms with E-state index in [0.717, 1.165) is 24.8 Å². The number of esters is 1. The van der Waals surface area contributed by atoms with Crippen LogP contribution >= 0.6 is 0 Å². The predicted octanol–water partition coefficient (Wildman–Crippen LogP) is 3.85. The number of hydrogen-bond donors (Lipinski definition) is 1. The molecule has 172 valence electrons. The summed E-state index contributed by atoms with van der Waals surface area (Å²) in [5, 5.41) is 2.63. The average Bonchev–Trinajstić information content (AvgIpc) is 2.80. The highest BCUT2D eigenvalue weighted by Gasteiger charge is 2.27. The van der Waals surface area contributed by atoms with Crippen molar-refractivity contribution in [2.75, 3.05) is 25.0 Å². The molecule has 2 aromatic rings. The molecule has 1 aliphatic rings. The normalized spacial score (nSPS) is 15.7. The average molecular weight is 459 g/mol. The van der Waals surface area contributed by atoms with Crippen LogP contribution in [0.2, 0.25) is 0 Å². The van der Waals surface area contributed by atoms with Crippen LogP contribution in [0, 0.1) is 6.92 Å².